The van der Waals surface area contributed by atoms with Crippen LogP contribution in [0.2, 0.25) is 0 Å². The van der Waals surface area contributed by atoms with Crippen molar-refractivity contribution in [2.24, 2.45) is 0 Å². The summed E-state index contributed by atoms with van der Waals surface area (Å²) in [5, 5.41) is 13.8. The number of anilines is 2. The topological polar surface area (TPSA) is 110 Å². The van der Waals surface area contributed by atoms with Crippen LogP contribution in [0.15, 0.2) is 29.1 Å². The molecule has 1 aromatic heterocycles. The first kappa shape index (κ1) is 13.5. The molecule has 8 nitrogen and oxygen atoms in total. The lowest BCUT2D eigenvalue weighted by molar-refractivity contribution is -0.385. The highest BCUT2D eigenvalue weighted by Gasteiger charge is 2.20. The molecule has 0 radical (unpaired) electrons. The van der Waals surface area contributed by atoms with E-state index >= 15 is 0 Å². The number of rotatable bonds is 4. The van der Waals surface area contributed by atoms with E-state index in [4.69, 9.17) is 4.74 Å². The smallest absolute Gasteiger partial charge is 0.347 e. The summed E-state index contributed by atoms with van der Waals surface area (Å²) in [7, 11) is 1.54. The quantitative estimate of drug-likeness (QED) is 0.650. The maximum Gasteiger partial charge on any atom is 0.347 e. The Balaban J connectivity index is 2.41. The Labute approximate surface area is 113 Å². The monoisotopic (exact) mass is 276 g/mol. The predicted molar refractivity (Wildman–Crippen MR) is 72.5 cm³/mol. The summed E-state index contributed by atoms with van der Waals surface area (Å²) >= 11 is 0. The van der Waals surface area contributed by atoms with Gasteiger partial charge in [0, 0.05) is 5.69 Å². The summed E-state index contributed by atoms with van der Waals surface area (Å²) in [6, 6.07) is 6.71. The predicted octanol–water partition coefficient (Wildman–Crippen LogP) is 1.74. The molecule has 2 rings (SSSR count). The molecule has 8 heteroatoms. The lowest BCUT2D eigenvalue weighted by Crippen LogP contribution is -2.16. The van der Waals surface area contributed by atoms with Crippen molar-refractivity contribution in [2.75, 3.05) is 12.4 Å². The van der Waals surface area contributed by atoms with Gasteiger partial charge in [-0.15, -0.1) is 0 Å². The van der Waals surface area contributed by atoms with Crippen LogP contribution in [-0.2, 0) is 0 Å². The third-order valence-corrected chi connectivity index (χ3v) is 2.62. The zero-order valence-corrected chi connectivity index (χ0v) is 10.8. The molecule has 0 aliphatic rings. The minimum atomic E-state index is -0.649. The maximum absolute atomic E-state index is 11.3. The molecule has 0 fully saturated rings. The van der Waals surface area contributed by atoms with E-state index in [0.717, 1.165) is 0 Å². The molecule has 0 saturated carbocycles. The number of H-pyrrole nitrogens is 1. The molecule has 1 heterocycles. The Morgan fingerprint density at radius 1 is 1.35 bits per heavy atom. The first-order chi connectivity index (χ1) is 9.51. The molecule has 0 aliphatic heterocycles. The molecule has 1 aromatic carbocycles. The number of aryl methyl sites for hydroxylation is 1. The number of benzene rings is 1. The van der Waals surface area contributed by atoms with Gasteiger partial charge >= 0.3 is 11.4 Å². The summed E-state index contributed by atoms with van der Waals surface area (Å²) in [6.45, 7) is 1.44. The lowest BCUT2D eigenvalue weighted by Gasteiger charge is -2.07. The summed E-state index contributed by atoms with van der Waals surface area (Å²) < 4.78 is 5.01. The molecule has 0 unspecified atom stereocenters. The fraction of sp³-hybridized carbons (Fsp3) is 0.167. The Morgan fingerprint density at radius 3 is 2.55 bits per heavy atom. The van der Waals surface area contributed by atoms with Gasteiger partial charge in [0.25, 0.3) is 0 Å². The van der Waals surface area contributed by atoms with Crippen LogP contribution >= 0.6 is 0 Å². The van der Waals surface area contributed by atoms with Crippen LogP contribution < -0.4 is 15.7 Å². The van der Waals surface area contributed by atoms with Crippen LogP contribution in [0.25, 0.3) is 0 Å². The van der Waals surface area contributed by atoms with E-state index in [1.165, 1.54) is 14.0 Å². The summed E-state index contributed by atoms with van der Waals surface area (Å²) in [4.78, 5) is 27.7. The number of hydrogen-bond donors (Lipinski definition) is 2. The third-order valence-electron chi connectivity index (χ3n) is 2.62. The largest absolute Gasteiger partial charge is 0.497 e. The van der Waals surface area contributed by atoms with Gasteiger partial charge in [0.05, 0.1) is 17.7 Å². The number of nitrogens with one attached hydrogen (secondary N) is 2. The molecular weight excluding hydrogens is 264 g/mol. The fourth-order valence-corrected chi connectivity index (χ4v) is 1.70. The molecule has 0 aliphatic carbocycles. The number of nitrogens with zero attached hydrogens (tertiary/aromatic N) is 2. The van der Waals surface area contributed by atoms with Gasteiger partial charge in [0.15, 0.2) is 0 Å². The summed E-state index contributed by atoms with van der Waals surface area (Å²) in [5.74, 6) is 0.557. The Kier molecular flexibility index (Phi) is 3.65. The maximum atomic E-state index is 11.3. The summed E-state index contributed by atoms with van der Waals surface area (Å²) in [5.41, 5.74) is -0.207. The zero-order chi connectivity index (χ0) is 14.7. The van der Waals surface area contributed by atoms with E-state index in [1.807, 2.05) is 0 Å². The van der Waals surface area contributed by atoms with Crippen molar-refractivity contribution in [3.63, 3.8) is 0 Å². The average molecular weight is 276 g/mol. The minimum absolute atomic E-state index is 0.0959. The van der Waals surface area contributed by atoms with E-state index in [0.29, 0.717) is 11.4 Å². The van der Waals surface area contributed by atoms with Crippen LogP contribution in [-0.4, -0.2) is 22.0 Å². The fourth-order valence-electron chi connectivity index (χ4n) is 1.70. The van der Waals surface area contributed by atoms with Gasteiger partial charge in [-0.05, 0) is 31.2 Å². The highest BCUT2D eigenvalue weighted by molar-refractivity contribution is 5.66. The number of ether oxygens (including phenoxy) is 1. The first-order valence-electron chi connectivity index (χ1n) is 5.67. The number of hydrogen-bond acceptors (Lipinski definition) is 6. The number of nitro groups is 1. The van der Waals surface area contributed by atoms with E-state index in [2.05, 4.69) is 15.3 Å². The number of aromatic amines is 1. The van der Waals surface area contributed by atoms with E-state index in [1.54, 1.807) is 24.3 Å². The molecule has 0 amide bonds. The molecule has 0 bridgehead atoms. The number of aromatic nitrogens is 2. The van der Waals surface area contributed by atoms with Crippen LogP contribution in [0.1, 0.15) is 5.69 Å². The summed E-state index contributed by atoms with van der Waals surface area (Å²) in [6.07, 6.45) is 0. The molecule has 2 N–H and O–H groups in total. The van der Waals surface area contributed by atoms with Crippen molar-refractivity contribution >= 4 is 17.2 Å². The van der Waals surface area contributed by atoms with E-state index in [9.17, 15) is 14.9 Å². The van der Waals surface area contributed by atoms with Crippen LogP contribution in [0.4, 0.5) is 17.2 Å². The first-order valence-corrected chi connectivity index (χ1v) is 5.67. The van der Waals surface area contributed by atoms with Gasteiger partial charge in [-0.1, -0.05) is 0 Å². The van der Waals surface area contributed by atoms with E-state index < -0.39 is 10.6 Å². The van der Waals surface area contributed by atoms with Crippen molar-refractivity contribution in [1.29, 1.82) is 0 Å². The van der Waals surface area contributed by atoms with Crippen molar-refractivity contribution in [3.05, 3.63) is 50.6 Å². The molecule has 0 spiro atoms. The second-order valence-corrected chi connectivity index (χ2v) is 3.97. The molecule has 20 heavy (non-hydrogen) atoms. The highest BCUT2D eigenvalue weighted by atomic mass is 16.6. The Morgan fingerprint density at radius 2 is 2.00 bits per heavy atom. The molecule has 2 aromatic rings. The highest BCUT2D eigenvalue weighted by Crippen LogP contribution is 2.26. The van der Waals surface area contributed by atoms with Crippen molar-refractivity contribution in [2.45, 2.75) is 6.92 Å². The van der Waals surface area contributed by atoms with Crippen LogP contribution in [0.3, 0.4) is 0 Å². The van der Waals surface area contributed by atoms with Gasteiger partial charge in [0.1, 0.15) is 5.75 Å². The zero-order valence-electron chi connectivity index (χ0n) is 10.8. The van der Waals surface area contributed by atoms with Crippen molar-refractivity contribution < 1.29 is 9.66 Å². The normalized spacial score (nSPS) is 10.1. The molecule has 0 saturated heterocycles. The van der Waals surface area contributed by atoms with Crippen LogP contribution in [0, 0.1) is 17.0 Å². The Bertz CT molecular complexity index is 694. The van der Waals surface area contributed by atoms with Gasteiger partial charge < -0.3 is 15.0 Å². The second kappa shape index (κ2) is 5.39. The number of methoxy groups -OCH3 is 1. The SMILES string of the molecule is COc1ccc(Nc2nc(=O)[nH]c(C)c2[N+](=O)[O-])cc1. The second-order valence-electron chi connectivity index (χ2n) is 3.97. The van der Waals surface area contributed by atoms with Crippen molar-refractivity contribution in [3.8, 4) is 5.75 Å². The molecule has 104 valence electrons. The Hall–Kier alpha value is -2.90. The minimum Gasteiger partial charge on any atom is -0.497 e. The standard InChI is InChI=1S/C12H12N4O4/c1-7-10(16(18)19)11(15-12(17)13-7)14-8-3-5-9(20-2)6-4-8/h3-6H,1-2H3,(H2,13,14,15,17). The molecular formula is C12H12N4O4. The van der Waals surface area contributed by atoms with Gasteiger partial charge in [-0.2, -0.15) is 4.98 Å². The van der Waals surface area contributed by atoms with E-state index in [-0.39, 0.29) is 17.2 Å². The van der Waals surface area contributed by atoms with Crippen molar-refractivity contribution in [1.82, 2.24) is 9.97 Å². The molecule has 0 atom stereocenters. The van der Waals surface area contributed by atoms with Gasteiger partial charge in [-0.25, -0.2) is 4.79 Å². The van der Waals surface area contributed by atoms with Crippen LogP contribution in [0.5, 0.6) is 5.75 Å². The lowest BCUT2D eigenvalue weighted by atomic mass is 10.3. The third kappa shape index (κ3) is 2.74. The average Bonchev–Trinajstić information content (AvgIpc) is 2.38. The van der Waals surface area contributed by atoms with Gasteiger partial charge in [-0.3, -0.25) is 10.1 Å². The van der Waals surface area contributed by atoms with Gasteiger partial charge in [0.2, 0.25) is 5.82 Å².